The van der Waals surface area contributed by atoms with E-state index in [0.717, 1.165) is 0 Å². The predicted octanol–water partition coefficient (Wildman–Crippen LogP) is -3.87. The molecule has 0 bridgehead atoms. The number of ether oxygens (including phenoxy) is 1. The Balaban J connectivity index is 2.81. The van der Waals surface area contributed by atoms with Gasteiger partial charge in [0.2, 0.25) is 0 Å². The standard InChI is InChI=1S/C6H10O10S/c7-1-2(8)4(15-5(10)3(1)9)6(11)16-17(12,13)14/h1-5,7-10H,(H,12,13,14). The zero-order valence-corrected chi connectivity index (χ0v) is 8.89. The number of hydrogen-bond donors (Lipinski definition) is 5. The SMILES string of the molecule is O=C(OS(=O)(=O)O)C1OC(O)C(O)C(O)C1O. The van der Waals surface area contributed by atoms with E-state index in [4.69, 9.17) is 14.8 Å². The van der Waals surface area contributed by atoms with Gasteiger partial charge in [0.25, 0.3) is 0 Å². The summed E-state index contributed by atoms with van der Waals surface area (Å²) in [5.74, 6) is -1.75. The summed E-state index contributed by atoms with van der Waals surface area (Å²) in [5.41, 5.74) is 0. The van der Waals surface area contributed by atoms with Gasteiger partial charge in [0.15, 0.2) is 12.4 Å². The van der Waals surface area contributed by atoms with Gasteiger partial charge in [-0.15, -0.1) is 0 Å². The molecule has 1 fully saturated rings. The van der Waals surface area contributed by atoms with Crippen LogP contribution in [0.2, 0.25) is 0 Å². The van der Waals surface area contributed by atoms with Crippen LogP contribution in [0.1, 0.15) is 0 Å². The molecule has 1 saturated heterocycles. The van der Waals surface area contributed by atoms with Crippen LogP contribution in [0, 0.1) is 0 Å². The molecule has 0 aromatic heterocycles. The molecule has 1 rings (SSSR count). The minimum atomic E-state index is -5.11. The summed E-state index contributed by atoms with van der Waals surface area (Å²) in [4.78, 5) is 11.1. The number of carbonyl (C=O) groups excluding carboxylic acids is 1. The second-order valence-electron chi connectivity index (χ2n) is 3.25. The lowest BCUT2D eigenvalue weighted by Gasteiger charge is -2.36. The van der Waals surface area contributed by atoms with Crippen molar-refractivity contribution in [3.63, 3.8) is 0 Å². The Morgan fingerprint density at radius 2 is 1.59 bits per heavy atom. The van der Waals surface area contributed by atoms with E-state index in [9.17, 15) is 23.4 Å². The van der Waals surface area contributed by atoms with E-state index in [1.807, 2.05) is 0 Å². The molecule has 17 heavy (non-hydrogen) atoms. The molecule has 5 unspecified atom stereocenters. The highest BCUT2D eigenvalue weighted by Gasteiger charge is 2.47. The fourth-order valence-electron chi connectivity index (χ4n) is 1.21. The highest BCUT2D eigenvalue weighted by atomic mass is 32.3. The average Bonchev–Trinajstić information content (AvgIpc) is 2.17. The molecule has 5 N–H and O–H groups in total. The van der Waals surface area contributed by atoms with Gasteiger partial charge in [-0.1, -0.05) is 0 Å². The fraction of sp³-hybridized carbons (Fsp3) is 0.833. The molecule has 11 heteroatoms. The summed E-state index contributed by atoms with van der Waals surface area (Å²) in [6, 6.07) is 0. The Morgan fingerprint density at radius 3 is 2.06 bits per heavy atom. The number of aliphatic hydroxyl groups is 4. The molecule has 0 aromatic rings. The average molecular weight is 274 g/mol. The van der Waals surface area contributed by atoms with Gasteiger partial charge >= 0.3 is 16.4 Å². The first-order valence-corrected chi connectivity index (χ1v) is 5.58. The van der Waals surface area contributed by atoms with Gasteiger partial charge in [-0.05, 0) is 0 Å². The highest BCUT2D eigenvalue weighted by Crippen LogP contribution is 2.21. The summed E-state index contributed by atoms with van der Waals surface area (Å²) in [7, 11) is -5.11. The summed E-state index contributed by atoms with van der Waals surface area (Å²) >= 11 is 0. The van der Waals surface area contributed by atoms with Crippen LogP contribution in [0.25, 0.3) is 0 Å². The number of aliphatic hydroxyl groups excluding tert-OH is 4. The van der Waals surface area contributed by atoms with Crippen molar-refractivity contribution in [3.8, 4) is 0 Å². The maximum absolute atomic E-state index is 11.1. The first-order valence-electron chi connectivity index (χ1n) is 4.22. The summed E-state index contributed by atoms with van der Waals surface area (Å²) in [6.07, 6.45) is -9.93. The Morgan fingerprint density at radius 1 is 1.06 bits per heavy atom. The molecule has 10 nitrogen and oxygen atoms in total. The molecule has 0 spiro atoms. The third-order valence-corrected chi connectivity index (χ3v) is 2.38. The fourth-order valence-corrected chi connectivity index (χ4v) is 1.51. The first kappa shape index (κ1) is 14.2. The van der Waals surface area contributed by atoms with Crippen molar-refractivity contribution in [2.45, 2.75) is 30.7 Å². The van der Waals surface area contributed by atoms with Gasteiger partial charge in [-0.25, -0.2) is 4.79 Å². The van der Waals surface area contributed by atoms with E-state index in [1.54, 1.807) is 0 Å². The highest BCUT2D eigenvalue weighted by molar-refractivity contribution is 7.81. The van der Waals surface area contributed by atoms with Gasteiger partial charge in [-0.3, -0.25) is 4.55 Å². The quantitative estimate of drug-likeness (QED) is 0.314. The predicted molar refractivity (Wildman–Crippen MR) is 46.5 cm³/mol. The van der Waals surface area contributed by atoms with Crippen LogP contribution in [0.4, 0.5) is 0 Å². The van der Waals surface area contributed by atoms with Crippen LogP contribution < -0.4 is 0 Å². The van der Waals surface area contributed by atoms with Gasteiger partial charge in [0.1, 0.15) is 18.3 Å². The van der Waals surface area contributed by atoms with Gasteiger partial charge in [-0.2, -0.15) is 8.42 Å². The molecule has 100 valence electrons. The van der Waals surface area contributed by atoms with E-state index in [-0.39, 0.29) is 0 Å². The van der Waals surface area contributed by atoms with Crippen molar-refractivity contribution in [2.75, 3.05) is 0 Å². The zero-order chi connectivity index (χ0) is 13.4. The Kier molecular flexibility index (Phi) is 4.03. The van der Waals surface area contributed by atoms with Crippen molar-refractivity contribution >= 4 is 16.4 Å². The topological polar surface area (TPSA) is 171 Å². The lowest BCUT2D eigenvalue weighted by Crippen LogP contribution is -2.60. The molecule has 0 saturated carbocycles. The third kappa shape index (κ3) is 3.32. The van der Waals surface area contributed by atoms with Gasteiger partial charge in [0, 0.05) is 0 Å². The molecule has 0 aliphatic carbocycles. The number of rotatable bonds is 2. The molecule has 1 aliphatic heterocycles. The van der Waals surface area contributed by atoms with Crippen molar-refractivity contribution < 1.29 is 47.1 Å². The molecule has 0 amide bonds. The summed E-state index contributed by atoms with van der Waals surface area (Å²) in [6.45, 7) is 0. The Hall–Kier alpha value is -0.820. The van der Waals surface area contributed by atoms with Crippen molar-refractivity contribution in [1.82, 2.24) is 0 Å². The van der Waals surface area contributed by atoms with E-state index in [2.05, 4.69) is 8.92 Å². The normalized spacial score (nSPS) is 38.8. The molecule has 0 radical (unpaired) electrons. The molecular weight excluding hydrogens is 264 g/mol. The van der Waals surface area contributed by atoms with Crippen molar-refractivity contribution in [3.05, 3.63) is 0 Å². The Labute approximate surface area is 95.0 Å². The second kappa shape index (κ2) is 4.81. The lowest BCUT2D eigenvalue weighted by atomic mass is 9.99. The lowest BCUT2D eigenvalue weighted by molar-refractivity contribution is -0.279. The van der Waals surface area contributed by atoms with Crippen LogP contribution in [0.5, 0.6) is 0 Å². The maximum Gasteiger partial charge on any atom is 0.449 e. The minimum Gasteiger partial charge on any atom is -0.387 e. The summed E-state index contributed by atoms with van der Waals surface area (Å²) < 4.78 is 36.5. The van der Waals surface area contributed by atoms with Crippen LogP contribution in [-0.2, 0) is 24.1 Å². The van der Waals surface area contributed by atoms with Gasteiger partial charge in [0.05, 0.1) is 0 Å². The van der Waals surface area contributed by atoms with Crippen molar-refractivity contribution in [2.24, 2.45) is 0 Å². The van der Waals surface area contributed by atoms with Crippen LogP contribution in [0.3, 0.4) is 0 Å². The summed E-state index contributed by atoms with van der Waals surface area (Å²) in [5, 5.41) is 36.5. The van der Waals surface area contributed by atoms with Crippen LogP contribution in [-0.4, -0.2) is 70.1 Å². The molecular formula is C6H10O10S. The maximum atomic E-state index is 11.1. The first-order chi connectivity index (χ1) is 7.63. The molecule has 1 heterocycles. The number of hydrogen-bond acceptors (Lipinski definition) is 9. The van der Waals surface area contributed by atoms with E-state index in [1.165, 1.54) is 0 Å². The number of carbonyl (C=O) groups is 1. The van der Waals surface area contributed by atoms with Crippen LogP contribution in [0.15, 0.2) is 0 Å². The third-order valence-electron chi connectivity index (χ3n) is 2.01. The van der Waals surface area contributed by atoms with E-state index >= 15 is 0 Å². The smallest absolute Gasteiger partial charge is 0.387 e. The Bertz CT molecular complexity index is 390. The monoisotopic (exact) mass is 274 g/mol. The van der Waals surface area contributed by atoms with E-state index in [0.29, 0.717) is 0 Å². The zero-order valence-electron chi connectivity index (χ0n) is 8.07. The molecule has 5 atom stereocenters. The van der Waals surface area contributed by atoms with Gasteiger partial charge < -0.3 is 29.3 Å². The molecule has 0 aromatic carbocycles. The largest absolute Gasteiger partial charge is 0.449 e. The molecule has 1 aliphatic rings. The minimum absolute atomic E-state index is 1.75. The second-order valence-corrected chi connectivity index (χ2v) is 4.27. The van der Waals surface area contributed by atoms with E-state index < -0.39 is 47.1 Å². The van der Waals surface area contributed by atoms with Crippen molar-refractivity contribution in [1.29, 1.82) is 0 Å². The van der Waals surface area contributed by atoms with Crippen LogP contribution >= 0.6 is 0 Å².